The van der Waals surface area contributed by atoms with Crippen LogP contribution in [0, 0.1) is 0 Å². The first-order chi connectivity index (χ1) is 14.0. The van der Waals surface area contributed by atoms with E-state index in [1.54, 1.807) is 0 Å². The van der Waals surface area contributed by atoms with Crippen LogP contribution in [0.3, 0.4) is 0 Å². The summed E-state index contributed by atoms with van der Waals surface area (Å²) in [4.78, 5) is 0. The number of hydrogen-bond acceptors (Lipinski definition) is 3. The molecular formula is C25H34ClNO2S. The number of halogens is 1. The molecule has 4 rings (SSSR count). The zero-order valence-electron chi connectivity index (χ0n) is 17.8. The molecule has 0 saturated heterocycles. The predicted molar refractivity (Wildman–Crippen MR) is 127 cm³/mol. The van der Waals surface area contributed by atoms with Gasteiger partial charge in [0.05, 0.1) is 5.75 Å². The Morgan fingerprint density at radius 3 is 2.43 bits per heavy atom. The van der Waals surface area contributed by atoms with Crippen LogP contribution in [0.4, 0.5) is 0 Å². The molecule has 0 bridgehead atoms. The Hall–Kier alpha value is -1.36. The van der Waals surface area contributed by atoms with Gasteiger partial charge in [-0.3, -0.25) is 0 Å². The normalized spacial score (nSPS) is 21.0. The third kappa shape index (κ3) is 6.09. The number of hydrogen-bond donors (Lipinski definition) is 1. The highest BCUT2D eigenvalue weighted by Crippen LogP contribution is 2.37. The van der Waals surface area contributed by atoms with Crippen LogP contribution in [-0.2, 0) is 29.1 Å². The maximum absolute atomic E-state index is 12.2. The highest BCUT2D eigenvalue weighted by molar-refractivity contribution is 7.91. The molecule has 3 nitrogen and oxygen atoms in total. The first kappa shape index (κ1) is 23.3. The maximum atomic E-state index is 12.2. The van der Waals surface area contributed by atoms with E-state index in [0.717, 1.165) is 18.4 Å². The second-order valence-corrected chi connectivity index (χ2v) is 11.1. The van der Waals surface area contributed by atoms with Gasteiger partial charge in [0.2, 0.25) is 0 Å². The van der Waals surface area contributed by atoms with Gasteiger partial charge in [0, 0.05) is 23.8 Å². The minimum absolute atomic E-state index is 0. The predicted octanol–water partition coefficient (Wildman–Crippen LogP) is 4.87. The van der Waals surface area contributed by atoms with Crippen LogP contribution in [0.15, 0.2) is 48.5 Å². The van der Waals surface area contributed by atoms with Crippen molar-refractivity contribution in [3.8, 4) is 0 Å². The molecule has 2 aromatic rings. The van der Waals surface area contributed by atoms with Gasteiger partial charge >= 0.3 is 0 Å². The lowest BCUT2D eigenvalue weighted by molar-refractivity contribution is 0.381. The summed E-state index contributed by atoms with van der Waals surface area (Å²) in [6, 6.07) is 18.7. The van der Waals surface area contributed by atoms with Crippen LogP contribution in [-0.4, -0.2) is 32.0 Å². The Morgan fingerprint density at radius 1 is 0.967 bits per heavy atom. The minimum Gasteiger partial charge on any atom is -0.311 e. The summed E-state index contributed by atoms with van der Waals surface area (Å²) < 4.78 is 24.3. The fourth-order valence-electron chi connectivity index (χ4n) is 4.66. The van der Waals surface area contributed by atoms with Crippen molar-refractivity contribution in [3.63, 3.8) is 0 Å². The largest absolute Gasteiger partial charge is 0.311 e. The van der Waals surface area contributed by atoms with E-state index in [1.165, 1.54) is 36.0 Å². The summed E-state index contributed by atoms with van der Waals surface area (Å²) in [5.74, 6) is 1.00. The Kier molecular flexibility index (Phi) is 8.00. The third-order valence-electron chi connectivity index (χ3n) is 6.36. The number of benzene rings is 2. The van der Waals surface area contributed by atoms with Crippen molar-refractivity contribution in [1.29, 1.82) is 0 Å². The lowest BCUT2D eigenvalue weighted by Crippen LogP contribution is -2.40. The van der Waals surface area contributed by atoms with Crippen LogP contribution in [0.1, 0.15) is 60.8 Å². The summed E-state index contributed by atoms with van der Waals surface area (Å²) in [5, 5.41) is 3.90. The van der Waals surface area contributed by atoms with Crippen LogP contribution < -0.4 is 5.32 Å². The van der Waals surface area contributed by atoms with Crippen LogP contribution in [0.25, 0.3) is 0 Å². The first-order valence-electron chi connectivity index (χ1n) is 11.2. The molecule has 2 unspecified atom stereocenters. The van der Waals surface area contributed by atoms with Gasteiger partial charge in [0.15, 0.2) is 9.84 Å². The van der Waals surface area contributed by atoms with Gasteiger partial charge in [-0.05, 0) is 67.2 Å². The summed E-state index contributed by atoms with van der Waals surface area (Å²) >= 11 is 0. The second-order valence-electron chi connectivity index (χ2n) is 8.82. The average molecular weight is 448 g/mol. The summed E-state index contributed by atoms with van der Waals surface area (Å²) in [5.41, 5.74) is 5.42. The lowest BCUT2D eigenvalue weighted by atomic mass is 9.75. The summed E-state index contributed by atoms with van der Waals surface area (Å²) in [6.07, 6.45) is 7.25. The highest BCUT2D eigenvalue weighted by Gasteiger charge is 2.34. The van der Waals surface area contributed by atoms with Crippen molar-refractivity contribution in [2.45, 2.75) is 69.9 Å². The summed E-state index contributed by atoms with van der Waals surface area (Å²) in [7, 11) is -2.94. The van der Waals surface area contributed by atoms with Crippen LogP contribution in [0.2, 0.25) is 0 Å². The number of sulfone groups is 1. The van der Waals surface area contributed by atoms with Crippen molar-refractivity contribution >= 4 is 22.2 Å². The molecule has 0 radical (unpaired) electrons. The van der Waals surface area contributed by atoms with Crippen LogP contribution in [0.5, 0.6) is 0 Å². The van der Waals surface area contributed by atoms with Gasteiger partial charge < -0.3 is 5.32 Å². The Labute approximate surface area is 188 Å². The van der Waals surface area contributed by atoms with E-state index in [4.69, 9.17) is 0 Å². The number of nitrogens with one attached hydrogen (secondary N) is 1. The van der Waals surface area contributed by atoms with Crippen LogP contribution >= 0.6 is 12.4 Å². The maximum Gasteiger partial charge on any atom is 0.150 e. The van der Waals surface area contributed by atoms with E-state index >= 15 is 0 Å². The number of fused-ring (bicyclic) bond motifs is 1. The molecule has 0 aromatic heterocycles. The van der Waals surface area contributed by atoms with Crippen molar-refractivity contribution < 1.29 is 8.42 Å². The Morgan fingerprint density at radius 2 is 1.73 bits per heavy atom. The molecule has 164 valence electrons. The molecule has 0 heterocycles. The monoisotopic (exact) mass is 447 g/mol. The molecule has 1 fully saturated rings. The van der Waals surface area contributed by atoms with Gasteiger partial charge in [-0.25, -0.2) is 8.42 Å². The minimum atomic E-state index is -2.94. The van der Waals surface area contributed by atoms with Crippen molar-refractivity contribution in [2.75, 3.05) is 11.5 Å². The molecule has 0 amide bonds. The molecule has 1 saturated carbocycles. The fraction of sp³-hybridized carbons (Fsp3) is 0.520. The molecule has 30 heavy (non-hydrogen) atoms. The molecule has 5 heteroatoms. The number of aryl methyl sites for hydroxylation is 2. The van der Waals surface area contributed by atoms with Crippen molar-refractivity contribution in [1.82, 2.24) is 5.32 Å². The SMILES string of the molecule is CCCS(=O)(=O)CCc1ccc2c(c1)C(Cc1ccccc1)C(NC1CC1)CC2.Cl. The lowest BCUT2D eigenvalue weighted by Gasteiger charge is -2.35. The molecule has 2 aliphatic carbocycles. The van der Waals surface area contributed by atoms with Gasteiger partial charge in [0.25, 0.3) is 0 Å². The van der Waals surface area contributed by atoms with Gasteiger partial charge in [-0.1, -0.05) is 55.5 Å². The molecule has 2 aromatic carbocycles. The van der Waals surface area contributed by atoms with E-state index in [-0.39, 0.29) is 18.2 Å². The van der Waals surface area contributed by atoms with Gasteiger partial charge in [-0.15, -0.1) is 12.4 Å². The van der Waals surface area contributed by atoms with Gasteiger partial charge in [-0.2, -0.15) is 0 Å². The fourth-order valence-corrected chi connectivity index (χ4v) is 6.03. The molecular weight excluding hydrogens is 414 g/mol. The van der Waals surface area contributed by atoms with E-state index in [0.29, 0.717) is 36.6 Å². The molecule has 0 spiro atoms. The van der Waals surface area contributed by atoms with E-state index in [1.807, 2.05) is 6.92 Å². The average Bonchev–Trinajstić information content (AvgIpc) is 3.53. The smallest absolute Gasteiger partial charge is 0.150 e. The topological polar surface area (TPSA) is 46.2 Å². The highest BCUT2D eigenvalue weighted by atomic mass is 35.5. The quantitative estimate of drug-likeness (QED) is 0.596. The molecule has 2 atom stereocenters. The zero-order valence-corrected chi connectivity index (χ0v) is 19.5. The number of rotatable bonds is 9. The molecule has 1 N–H and O–H groups in total. The van der Waals surface area contributed by atoms with E-state index in [2.05, 4.69) is 53.8 Å². The second kappa shape index (κ2) is 10.3. The van der Waals surface area contributed by atoms with Crippen molar-refractivity contribution in [3.05, 3.63) is 70.8 Å². The summed E-state index contributed by atoms with van der Waals surface area (Å²) in [6.45, 7) is 1.93. The standard InChI is InChI=1S/C25H33NO2S.ClH/c1-2-15-29(27,28)16-14-20-8-9-21-10-13-25(26-22-11-12-22)24(23(21)17-20)18-19-6-4-3-5-7-19;/h3-9,17,22,24-26H,2,10-16,18H2,1H3;1H. The Bertz CT molecular complexity index is 925. The zero-order chi connectivity index (χ0) is 20.3. The van der Waals surface area contributed by atoms with Crippen molar-refractivity contribution in [2.24, 2.45) is 0 Å². The molecule has 0 aliphatic heterocycles. The van der Waals surface area contributed by atoms with Gasteiger partial charge in [0.1, 0.15) is 0 Å². The van der Waals surface area contributed by atoms with E-state index in [9.17, 15) is 8.42 Å². The van der Waals surface area contributed by atoms with E-state index < -0.39 is 9.84 Å². The Balaban J connectivity index is 0.00000256. The third-order valence-corrected chi connectivity index (χ3v) is 8.22. The molecule has 2 aliphatic rings. The first-order valence-corrected chi connectivity index (χ1v) is 13.0.